The van der Waals surface area contributed by atoms with E-state index in [9.17, 15) is 19.2 Å². The van der Waals surface area contributed by atoms with E-state index in [0.717, 1.165) is 41.0 Å². The molecule has 1 aliphatic heterocycles. The number of carbonyl (C=O) groups excluding carboxylic acids is 4. The molecule has 2 N–H and O–H groups in total. The van der Waals surface area contributed by atoms with Gasteiger partial charge in [-0.1, -0.05) is 26.0 Å². The number of amides is 2. The number of aryl methyl sites for hydroxylation is 4. The molecule has 17 nitrogen and oxygen atoms in total. The van der Waals surface area contributed by atoms with Crippen molar-refractivity contribution in [3.05, 3.63) is 78.7 Å². The molecule has 0 bridgehead atoms. The van der Waals surface area contributed by atoms with Crippen LogP contribution in [0.1, 0.15) is 81.7 Å². The van der Waals surface area contributed by atoms with Crippen molar-refractivity contribution >= 4 is 92.2 Å². The lowest BCUT2D eigenvalue weighted by Crippen LogP contribution is -2.37. The molecule has 2 aromatic carbocycles. The number of nitrogens with zero attached hydrogens (tertiary/aromatic N) is 7. The van der Waals surface area contributed by atoms with Gasteiger partial charge in [0.05, 0.1) is 83.1 Å². The van der Waals surface area contributed by atoms with Crippen LogP contribution in [-0.2, 0) is 40.1 Å². The van der Waals surface area contributed by atoms with Gasteiger partial charge in [0.15, 0.2) is 0 Å². The number of benzene rings is 2. The Labute approximate surface area is 382 Å². The molecule has 0 radical (unpaired) electrons. The molecule has 64 heavy (non-hydrogen) atoms. The van der Waals surface area contributed by atoms with Crippen molar-refractivity contribution in [2.24, 2.45) is 0 Å². The van der Waals surface area contributed by atoms with E-state index in [0.29, 0.717) is 87.2 Å². The van der Waals surface area contributed by atoms with Crippen molar-refractivity contribution in [3.8, 4) is 5.75 Å². The zero-order chi connectivity index (χ0) is 45.5. The monoisotopic (exact) mass is 929 g/mol. The summed E-state index contributed by atoms with van der Waals surface area (Å²) in [5, 5.41) is 7.60. The Morgan fingerprint density at radius 2 is 1.28 bits per heavy atom. The van der Waals surface area contributed by atoms with Crippen molar-refractivity contribution in [3.63, 3.8) is 0 Å². The number of thiazole rings is 2. The van der Waals surface area contributed by atoms with E-state index < -0.39 is 11.9 Å². The van der Waals surface area contributed by atoms with Gasteiger partial charge in [0.2, 0.25) is 11.9 Å². The van der Waals surface area contributed by atoms with Crippen molar-refractivity contribution < 1.29 is 38.1 Å². The zero-order valence-electron chi connectivity index (χ0n) is 36.9. The highest BCUT2D eigenvalue weighted by atomic mass is 32.2. The lowest BCUT2D eigenvalue weighted by Gasteiger charge is -2.26. The normalized spacial score (nSPS) is 13.2. The summed E-state index contributed by atoms with van der Waals surface area (Å²) < 4.78 is 25.8. The number of imidazole rings is 2. The van der Waals surface area contributed by atoms with E-state index in [2.05, 4.69) is 25.5 Å². The third-order valence-corrected chi connectivity index (χ3v) is 13.3. The number of hydrogen-bond acceptors (Lipinski definition) is 16. The summed E-state index contributed by atoms with van der Waals surface area (Å²) in [5.41, 5.74) is 4.19. The average molecular weight is 930 g/mol. The topological polar surface area (TPSA) is 194 Å². The summed E-state index contributed by atoms with van der Waals surface area (Å²) in [6.45, 7) is 12.4. The third kappa shape index (κ3) is 10.2. The van der Waals surface area contributed by atoms with Crippen LogP contribution in [-0.4, -0.2) is 118 Å². The average Bonchev–Trinajstić information content (AvgIpc) is 4.07. The molecule has 0 saturated carbocycles. The molecule has 0 unspecified atom stereocenters. The molecule has 338 valence electrons. The molecule has 0 atom stereocenters. The molecule has 4 aromatic heterocycles. The minimum absolute atomic E-state index is 0.215. The lowest BCUT2D eigenvalue weighted by atomic mass is 10.2. The van der Waals surface area contributed by atoms with Crippen LogP contribution in [0.25, 0.3) is 22.1 Å². The number of hydrogen-bond donors (Lipinski definition) is 2. The molecule has 7 rings (SSSR count). The Morgan fingerprint density at radius 1 is 0.766 bits per heavy atom. The molecular weight excluding hydrogens is 879 g/mol. The van der Waals surface area contributed by atoms with E-state index >= 15 is 0 Å². The first-order chi connectivity index (χ1) is 31.0. The van der Waals surface area contributed by atoms with Crippen LogP contribution in [0.4, 0.5) is 11.9 Å². The lowest BCUT2D eigenvalue weighted by molar-refractivity contribution is 0.0358. The highest BCUT2D eigenvalue weighted by Gasteiger charge is 2.25. The number of rotatable bonds is 18. The maximum Gasteiger partial charge on any atom is 0.338 e. The Kier molecular flexibility index (Phi) is 15.1. The molecule has 1 fully saturated rings. The molecule has 2 amide bonds. The number of anilines is 2. The minimum Gasteiger partial charge on any atom is -0.491 e. The SMILES string of the molecule is CCc1nc(C)sc1C(=O)Nc1nc2cc(C(=O)OC)cc(OCCCN3CCOCC3)c2n1CC=CCn1c(NC(=O)c2sc(C)nc2CC)nc2cc(C(=O)OC)cc(SC)c21. The van der Waals surface area contributed by atoms with Crippen molar-refractivity contribution in [1.82, 2.24) is 34.0 Å². The number of fused-ring (bicyclic) bond motifs is 2. The Balaban J connectivity index is 1.26. The molecule has 20 heteroatoms. The molecule has 1 saturated heterocycles. The number of morpholine rings is 1. The maximum atomic E-state index is 13.9. The molecular formula is C44H51N9O8S3. The second kappa shape index (κ2) is 20.9. The van der Waals surface area contributed by atoms with Crippen molar-refractivity contribution in [1.29, 1.82) is 0 Å². The van der Waals surface area contributed by atoms with Crippen LogP contribution in [0.3, 0.4) is 0 Å². The number of aromatic nitrogens is 6. The second-order valence-corrected chi connectivity index (χ2v) is 18.0. The fourth-order valence-electron chi connectivity index (χ4n) is 7.49. The summed E-state index contributed by atoms with van der Waals surface area (Å²) in [6.07, 6.45) is 7.64. The van der Waals surface area contributed by atoms with Gasteiger partial charge in [-0.25, -0.2) is 29.5 Å². The van der Waals surface area contributed by atoms with Crippen LogP contribution in [0, 0.1) is 13.8 Å². The number of ether oxygens (including phenoxy) is 4. The number of allylic oxidation sites excluding steroid dienone is 2. The van der Waals surface area contributed by atoms with E-state index in [-0.39, 0.29) is 42.4 Å². The van der Waals surface area contributed by atoms with Gasteiger partial charge in [0.25, 0.3) is 11.8 Å². The first-order valence-corrected chi connectivity index (χ1v) is 23.7. The minimum atomic E-state index is -0.553. The molecule has 5 heterocycles. The maximum absolute atomic E-state index is 13.9. The summed E-state index contributed by atoms with van der Waals surface area (Å²) in [7, 11) is 2.64. The van der Waals surface area contributed by atoms with Crippen LogP contribution in [0.2, 0.25) is 0 Å². The van der Waals surface area contributed by atoms with E-state index in [1.807, 2.05) is 55.2 Å². The van der Waals surface area contributed by atoms with E-state index in [1.165, 1.54) is 48.7 Å². The number of thioether (sulfide) groups is 1. The first kappa shape index (κ1) is 46.3. The standard InChI is InChI=1S/C44H51N9O8S3/c1-8-29-37(63-25(3)45-29)39(54)49-43-47-31-21-27(41(56)58-5)23-33(61-18-12-13-51-16-19-60-20-17-51)35(31)52(43)14-10-11-15-53-36-32(22-28(42(57)59-6)24-34(36)62-7)48-44(53)50-40(55)38-30(9-2)46-26(4)64-38/h10-11,21-24H,8-9,12-20H2,1-7H3,(H,47,49,54)(H,48,50,55). The number of carbonyl (C=O) groups is 4. The summed E-state index contributed by atoms with van der Waals surface area (Å²) >= 11 is 4.07. The van der Waals surface area contributed by atoms with Gasteiger partial charge in [-0.05, 0) is 63.6 Å². The van der Waals surface area contributed by atoms with E-state index in [1.54, 1.807) is 24.3 Å². The largest absolute Gasteiger partial charge is 0.491 e. The van der Waals surface area contributed by atoms with Crippen LogP contribution in [0.5, 0.6) is 5.75 Å². The fourth-order valence-corrected chi connectivity index (χ4v) is 9.95. The summed E-state index contributed by atoms with van der Waals surface area (Å²) in [5.74, 6) is -0.813. The van der Waals surface area contributed by atoms with Gasteiger partial charge in [-0.2, -0.15) is 0 Å². The van der Waals surface area contributed by atoms with Gasteiger partial charge < -0.3 is 28.1 Å². The predicted octanol–water partition coefficient (Wildman–Crippen LogP) is 7.20. The van der Waals surface area contributed by atoms with Gasteiger partial charge in [-0.15, -0.1) is 34.4 Å². The fraction of sp³-hybridized carbons (Fsp3) is 0.409. The molecule has 0 aliphatic carbocycles. The van der Waals surface area contributed by atoms with Gasteiger partial charge in [0, 0.05) is 37.6 Å². The summed E-state index contributed by atoms with van der Waals surface area (Å²) in [4.78, 5) is 76.2. The third-order valence-electron chi connectivity index (χ3n) is 10.5. The zero-order valence-corrected chi connectivity index (χ0v) is 39.3. The molecule has 6 aromatic rings. The van der Waals surface area contributed by atoms with Crippen molar-refractivity contribution in [2.45, 2.75) is 64.9 Å². The first-order valence-electron chi connectivity index (χ1n) is 20.9. The quantitative estimate of drug-likeness (QED) is 0.0380. The molecule has 0 spiro atoms. The van der Waals surface area contributed by atoms with Gasteiger partial charge in [0.1, 0.15) is 21.0 Å². The van der Waals surface area contributed by atoms with Crippen LogP contribution in [0.15, 0.2) is 41.3 Å². The van der Waals surface area contributed by atoms with Gasteiger partial charge >= 0.3 is 11.9 Å². The van der Waals surface area contributed by atoms with Gasteiger partial charge in [-0.3, -0.25) is 25.1 Å². The summed E-state index contributed by atoms with van der Waals surface area (Å²) in [6, 6.07) is 6.67. The smallest absolute Gasteiger partial charge is 0.338 e. The number of nitrogens with one attached hydrogen (secondary N) is 2. The highest BCUT2D eigenvalue weighted by molar-refractivity contribution is 7.98. The number of methoxy groups -OCH3 is 2. The molecule has 1 aliphatic rings. The van der Waals surface area contributed by atoms with E-state index in [4.69, 9.17) is 28.9 Å². The Bertz CT molecular complexity index is 2730. The Morgan fingerprint density at radius 3 is 1.80 bits per heavy atom. The van der Waals surface area contributed by atoms with Crippen LogP contribution < -0.4 is 15.4 Å². The number of esters is 2. The van der Waals surface area contributed by atoms with Crippen LogP contribution >= 0.6 is 34.4 Å². The predicted molar refractivity (Wildman–Crippen MR) is 249 cm³/mol. The highest BCUT2D eigenvalue weighted by Crippen LogP contribution is 2.34. The Hall–Kier alpha value is -5.67. The second-order valence-electron chi connectivity index (χ2n) is 14.7. The van der Waals surface area contributed by atoms with Crippen molar-refractivity contribution in [2.75, 3.05) is 70.6 Å².